The maximum atomic E-state index is 12.5. The average Bonchev–Trinajstić information content (AvgIpc) is 2.71. The highest BCUT2D eigenvalue weighted by molar-refractivity contribution is 6.06. The van der Waals surface area contributed by atoms with Gasteiger partial charge in [-0.1, -0.05) is 18.2 Å². The van der Waals surface area contributed by atoms with Crippen molar-refractivity contribution in [1.82, 2.24) is 4.98 Å². The van der Waals surface area contributed by atoms with Crippen molar-refractivity contribution >= 4 is 28.6 Å². The van der Waals surface area contributed by atoms with Crippen LogP contribution in [0.2, 0.25) is 0 Å². The van der Waals surface area contributed by atoms with Crippen LogP contribution in [0.15, 0.2) is 48.5 Å². The number of aryl methyl sites for hydroxylation is 1. The number of ether oxygens (including phenoxy) is 3. The van der Waals surface area contributed by atoms with Crippen LogP contribution >= 0.6 is 0 Å². The molecule has 1 heterocycles. The van der Waals surface area contributed by atoms with E-state index < -0.39 is 0 Å². The summed E-state index contributed by atoms with van der Waals surface area (Å²) < 4.78 is 16.0. The van der Waals surface area contributed by atoms with Crippen LogP contribution in [0.3, 0.4) is 0 Å². The summed E-state index contributed by atoms with van der Waals surface area (Å²) in [6.07, 6.45) is 3.11. The Morgan fingerprint density at radius 2 is 1.68 bits per heavy atom. The van der Waals surface area contributed by atoms with E-state index in [-0.39, 0.29) is 5.91 Å². The number of benzene rings is 2. The zero-order chi connectivity index (χ0) is 20.1. The second-order valence-corrected chi connectivity index (χ2v) is 6.10. The molecule has 0 saturated heterocycles. The molecule has 28 heavy (non-hydrogen) atoms. The molecule has 1 aromatic heterocycles. The molecule has 0 aliphatic heterocycles. The molecule has 0 radical (unpaired) electrons. The number of carbonyl (C=O) groups is 1. The zero-order valence-corrected chi connectivity index (χ0v) is 16.3. The van der Waals surface area contributed by atoms with Crippen LogP contribution in [0, 0.1) is 6.92 Å². The molecule has 0 unspecified atom stereocenters. The number of nitrogens with zero attached hydrogens (tertiary/aromatic N) is 1. The highest BCUT2D eigenvalue weighted by Gasteiger charge is 2.11. The molecule has 0 saturated carbocycles. The Hall–Kier alpha value is -3.54. The standard InChI is InChI=1S/C22H22N2O4/c1-14-8-9-15-6-5-7-17(22(15)23-14)24-21(25)11-10-16-12-19(27-3)20(28-4)13-18(16)26-2/h5-13H,1-4H3,(H,24,25). The van der Waals surface area contributed by atoms with E-state index in [1.807, 2.05) is 37.3 Å². The van der Waals surface area contributed by atoms with Crippen molar-refractivity contribution in [3.63, 3.8) is 0 Å². The quantitative estimate of drug-likeness (QED) is 0.651. The molecule has 0 bridgehead atoms. The lowest BCUT2D eigenvalue weighted by Crippen LogP contribution is -2.08. The Balaban J connectivity index is 1.86. The Kier molecular flexibility index (Phi) is 5.79. The number of anilines is 1. The van der Waals surface area contributed by atoms with E-state index in [1.54, 1.807) is 39.5 Å². The van der Waals surface area contributed by atoms with E-state index in [0.717, 1.165) is 16.6 Å². The summed E-state index contributed by atoms with van der Waals surface area (Å²) in [6.45, 7) is 1.92. The number of carbonyl (C=O) groups excluding carboxylic acids is 1. The lowest BCUT2D eigenvalue weighted by Gasteiger charge is -2.12. The third kappa shape index (κ3) is 4.06. The van der Waals surface area contributed by atoms with Crippen molar-refractivity contribution in [2.45, 2.75) is 6.92 Å². The molecule has 1 N–H and O–H groups in total. The number of hydrogen-bond acceptors (Lipinski definition) is 5. The van der Waals surface area contributed by atoms with Crippen LogP contribution < -0.4 is 19.5 Å². The first-order valence-electron chi connectivity index (χ1n) is 8.71. The molecule has 2 aromatic carbocycles. The molecule has 0 aliphatic carbocycles. The van der Waals surface area contributed by atoms with Crippen LogP contribution in [-0.4, -0.2) is 32.2 Å². The fourth-order valence-electron chi connectivity index (χ4n) is 2.87. The summed E-state index contributed by atoms with van der Waals surface area (Å²) in [6, 6.07) is 13.1. The summed E-state index contributed by atoms with van der Waals surface area (Å²) >= 11 is 0. The minimum atomic E-state index is -0.271. The van der Waals surface area contributed by atoms with Gasteiger partial charge in [-0.15, -0.1) is 0 Å². The van der Waals surface area contributed by atoms with Gasteiger partial charge in [-0.2, -0.15) is 0 Å². The van der Waals surface area contributed by atoms with Crippen molar-refractivity contribution in [3.05, 3.63) is 59.8 Å². The number of methoxy groups -OCH3 is 3. The van der Waals surface area contributed by atoms with Gasteiger partial charge in [-0.05, 0) is 31.2 Å². The van der Waals surface area contributed by atoms with Gasteiger partial charge >= 0.3 is 0 Å². The van der Waals surface area contributed by atoms with E-state index in [2.05, 4.69) is 10.3 Å². The zero-order valence-electron chi connectivity index (χ0n) is 16.3. The Labute approximate surface area is 163 Å². The van der Waals surface area contributed by atoms with Gasteiger partial charge in [0.05, 0.1) is 32.5 Å². The molecule has 0 atom stereocenters. The lowest BCUT2D eigenvalue weighted by atomic mass is 10.1. The molecular formula is C22H22N2O4. The minimum absolute atomic E-state index is 0.271. The first-order chi connectivity index (χ1) is 13.5. The van der Waals surface area contributed by atoms with Gasteiger partial charge in [0.15, 0.2) is 11.5 Å². The fraction of sp³-hybridized carbons (Fsp3) is 0.182. The Morgan fingerprint density at radius 3 is 2.39 bits per heavy atom. The summed E-state index contributed by atoms with van der Waals surface area (Å²) in [7, 11) is 4.67. The third-order valence-electron chi connectivity index (χ3n) is 4.27. The molecule has 0 spiro atoms. The number of para-hydroxylation sites is 1. The smallest absolute Gasteiger partial charge is 0.248 e. The fourth-order valence-corrected chi connectivity index (χ4v) is 2.87. The predicted octanol–water partition coefficient (Wildman–Crippen LogP) is 4.22. The summed E-state index contributed by atoms with van der Waals surface area (Å²) in [5.41, 5.74) is 3.00. The lowest BCUT2D eigenvalue weighted by molar-refractivity contribution is -0.111. The van der Waals surface area contributed by atoms with E-state index >= 15 is 0 Å². The van der Waals surface area contributed by atoms with E-state index in [4.69, 9.17) is 14.2 Å². The van der Waals surface area contributed by atoms with Gasteiger partial charge < -0.3 is 19.5 Å². The first kappa shape index (κ1) is 19.2. The van der Waals surface area contributed by atoms with E-state index in [1.165, 1.54) is 6.08 Å². The molecule has 3 aromatic rings. The predicted molar refractivity (Wildman–Crippen MR) is 110 cm³/mol. The van der Waals surface area contributed by atoms with Crippen LogP contribution in [0.1, 0.15) is 11.3 Å². The number of aromatic nitrogens is 1. The van der Waals surface area contributed by atoms with Crippen molar-refractivity contribution in [1.29, 1.82) is 0 Å². The van der Waals surface area contributed by atoms with Crippen molar-refractivity contribution in [2.75, 3.05) is 26.6 Å². The average molecular weight is 378 g/mol. The van der Waals surface area contributed by atoms with Crippen molar-refractivity contribution < 1.29 is 19.0 Å². The highest BCUT2D eigenvalue weighted by atomic mass is 16.5. The molecule has 6 heteroatoms. The molecule has 1 amide bonds. The van der Waals surface area contributed by atoms with Gasteiger partial charge in [0.1, 0.15) is 5.75 Å². The minimum Gasteiger partial charge on any atom is -0.496 e. The number of rotatable bonds is 6. The van der Waals surface area contributed by atoms with Crippen LogP contribution in [0.25, 0.3) is 17.0 Å². The number of fused-ring (bicyclic) bond motifs is 1. The van der Waals surface area contributed by atoms with E-state index in [9.17, 15) is 4.79 Å². The molecule has 3 rings (SSSR count). The summed E-state index contributed by atoms with van der Waals surface area (Å²) in [5.74, 6) is 1.41. The molecule has 6 nitrogen and oxygen atoms in total. The highest BCUT2D eigenvalue weighted by Crippen LogP contribution is 2.35. The topological polar surface area (TPSA) is 69.7 Å². The van der Waals surface area contributed by atoms with Crippen molar-refractivity contribution in [3.8, 4) is 17.2 Å². The van der Waals surface area contributed by atoms with E-state index in [0.29, 0.717) is 28.5 Å². The second kappa shape index (κ2) is 8.43. The summed E-state index contributed by atoms with van der Waals surface area (Å²) in [4.78, 5) is 17.0. The maximum absolute atomic E-state index is 12.5. The van der Waals surface area contributed by atoms with Gasteiger partial charge in [0.25, 0.3) is 0 Å². The molecule has 0 fully saturated rings. The second-order valence-electron chi connectivity index (χ2n) is 6.10. The molecule has 144 valence electrons. The van der Waals surface area contributed by atoms with Gasteiger partial charge in [-0.3, -0.25) is 9.78 Å². The number of pyridine rings is 1. The normalized spacial score (nSPS) is 10.9. The Morgan fingerprint density at radius 1 is 0.964 bits per heavy atom. The summed E-state index contributed by atoms with van der Waals surface area (Å²) in [5, 5.41) is 3.85. The van der Waals surface area contributed by atoms with Crippen molar-refractivity contribution in [2.24, 2.45) is 0 Å². The Bertz CT molecular complexity index is 1040. The number of amides is 1. The maximum Gasteiger partial charge on any atom is 0.248 e. The first-order valence-corrected chi connectivity index (χ1v) is 8.71. The largest absolute Gasteiger partial charge is 0.496 e. The van der Waals surface area contributed by atoms with Gasteiger partial charge in [-0.25, -0.2) is 0 Å². The SMILES string of the molecule is COc1cc(OC)c(OC)cc1C=CC(=O)Nc1cccc2ccc(C)nc12. The van der Waals surface area contributed by atoms with Crippen LogP contribution in [0.4, 0.5) is 5.69 Å². The van der Waals surface area contributed by atoms with Crippen LogP contribution in [-0.2, 0) is 4.79 Å². The van der Waals surface area contributed by atoms with Crippen LogP contribution in [0.5, 0.6) is 17.2 Å². The number of nitrogens with one attached hydrogen (secondary N) is 1. The monoisotopic (exact) mass is 378 g/mol. The third-order valence-corrected chi connectivity index (χ3v) is 4.27. The van der Waals surface area contributed by atoms with Gasteiger partial charge in [0.2, 0.25) is 5.91 Å². The molecular weight excluding hydrogens is 356 g/mol. The number of hydrogen-bond donors (Lipinski definition) is 1. The molecule has 0 aliphatic rings. The van der Waals surface area contributed by atoms with Gasteiger partial charge in [0, 0.05) is 28.8 Å².